The molecule has 0 heterocycles. The van der Waals surface area contributed by atoms with Gasteiger partial charge in [-0.3, -0.25) is 9.59 Å². The van der Waals surface area contributed by atoms with Gasteiger partial charge in [0, 0.05) is 22.3 Å². The average Bonchev–Trinajstić information content (AvgIpc) is 2.62. The summed E-state index contributed by atoms with van der Waals surface area (Å²) in [7, 11) is 0. The third-order valence-electron chi connectivity index (χ3n) is 3.61. The molecule has 0 atom stereocenters. The van der Waals surface area contributed by atoms with Crippen molar-refractivity contribution in [3.63, 3.8) is 0 Å². The van der Waals surface area contributed by atoms with Crippen LogP contribution < -0.4 is 0 Å². The molecule has 0 amide bonds. The molecule has 4 heteroatoms. The van der Waals surface area contributed by atoms with E-state index in [9.17, 15) is 18.4 Å². The van der Waals surface area contributed by atoms with Crippen molar-refractivity contribution in [1.82, 2.24) is 0 Å². The minimum absolute atomic E-state index is 0.0180. The summed E-state index contributed by atoms with van der Waals surface area (Å²) in [6, 6.07) is 16.8. The van der Waals surface area contributed by atoms with Gasteiger partial charge < -0.3 is 0 Å². The van der Waals surface area contributed by atoms with Crippen LogP contribution in [0.3, 0.4) is 0 Å². The monoisotopic (exact) mass is 322 g/mol. The van der Waals surface area contributed by atoms with Crippen molar-refractivity contribution in [2.45, 2.75) is 0 Å². The predicted octanol–water partition coefficient (Wildman–Crippen LogP) is 4.43. The van der Waals surface area contributed by atoms with E-state index in [0.29, 0.717) is 5.56 Å². The largest absolute Gasteiger partial charge is 0.289 e. The number of benzene rings is 3. The molecule has 24 heavy (non-hydrogen) atoms. The average molecular weight is 322 g/mol. The van der Waals surface area contributed by atoms with Gasteiger partial charge >= 0.3 is 0 Å². The third-order valence-corrected chi connectivity index (χ3v) is 3.61. The molecule has 3 aromatic rings. The number of carbonyl (C=O) groups is 2. The summed E-state index contributed by atoms with van der Waals surface area (Å²) in [4.78, 5) is 25.3. The van der Waals surface area contributed by atoms with Crippen molar-refractivity contribution in [2.24, 2.45) is 0 Å². The van der Waals surface area contributed by atoms with Gasteiger partial charge in [-0.2, -0.15) is 0 Å². The van der Waals surface area contributed by atoms with Crippen molar-refractivity contribution in [3.8, 4) is 0 Å². The van der Waals surface area contributed by atoms with Crippen molar-refractivity contribution < 1.29 is 18.4 Å². The SMILES string of the molecule is O=C(c1ccc(F)cc1)c1ccc(F)cc1C(=O)c1ccccc1. The first-order chi connectivity index (χ1) is 11.6. The summed E-state index contributed by atoms with van der Waals surface area (Å²) in [6.07, 6.45) is 0. The molecule has 3 rings (SSSR count). The standard InChI is InChI=1S/C20H12F2O2/c21-15-8-6-14(7-9-15)19(23)17-11-10-16(22)12-18(17)20(24)13-4-2-1-3-5-13/h1-12H. The lowest BCUT2D eigenvalue weighted by atomic mass is 9.93. The zero-order chi connectivity index (χ0) is 17.1. The van der Waals surface area contributed by atoms with Crippen LogP contribution in [0.25, 0.3) is 0 Å². The van der Waals surface area contributed by atoms with Gasteiger partial charge in [-0.25, -0.2) is 8.78 Å². The fourth-order valence-electron chi connectivity index (χ4n) is 2.40. The lowest BCUT2D eigenvalue weighted by Crippen LogP contribution is -2.11. The fourth-order valence-corrected chi connectivity index (χ4v) is 2.40. The topological polar surface area (TPSA) is 34.1 Å². The van der Waals surface area contributed by atoms with Crippen molar-refractivity contribution in [2.75, 3.05) is 0 Å². The van der Waals surface area contributed by atoms with Gasteiger partial charge in [0.05, 0.1) is 0 Å². The van der Waals surface area contributed by atoms with E-state index in [4.69, 9.17) is 0 Å². The van der Waals surface area contributed by atoms with E-state index in [1.165, 1.54) is 18.2 Å². The maximum absolute atomic E-state index is 13.6. The van der Waals surface area contributed by atoms with Crippen LogP contribution in [0.4, 0.5) is 8.78 Å². The molecule has 0 saturated heterocycles. The molecular weight excluding hydrogens is 310 g/mol. The summed E-state index contributed by atoms with van der Waals surface area (Å²) in [5, 5.41) is 0. The molecule has 0 radical (unpaired) electrons. The van der Waals surface area contributed by atoms with Crippen LogP contribution in [-0.4, -0.2) is 11.6 Å². The Balaban J connectivity index is 2.07. The zero-order valence-corrected chi connectivity index (χ0v) is 12.5. The molecule has 0 spiro atoms. The Hall–Kier alpha value is -3.14. The lowest BCUT2D eigenvalue weighted by Gasteiger charge is -2.09. The Labute approximate surface area is 137 Å². The summed E-state index contributed by atoms with van der Waals surface area (Å²) in [5.41, 5.74) is 0.647. The van der Waals surface area contributed by atoms with Crippen LogP contribution in [0.5, 0.6) is 0 Å². The number of carbonyl (C=O) groups excluding carboxylic acids is 2. The van der Waals surface area contributed by atoms with Crippen molar-refractivity contribution >= 4 is 11.6 Å². The second kappa shape index (κ2) is 6.54. The van der Waals surface area contributed by atoms with Crippen molar-refractivity contribution in [3.05, 3.63) is 107 Å². The van der Waals surface area contributed by atoms with E-state index in [1.807, 2.05) is 0 Å². The van der Waals surface area contributed by atoms with Gasteiger partial charge in [-0.1, -0.05) is 30.3 Å². The maximum atomic E-state index is 13.6. The summed E-state index contributed by atoms with van der Waals surface area (Å²) in [5.74, 6) is -1.98. The molecule has 0 bridgehead atoms. The lowest BCUT2D eigenvalue weighted by molar-refractivity contribution is 0.100. The van der Waals surface area contributed by atoms with Crippen LogP contribution >= 0.6 is 0 Å². The highest BCUT2D eigenvalue weighted by Crippen LogP contribution is 2.20. The molecule has 0 aliphatic heterocycles. The van der Waals surface area contributed by atoms with Crippen LogP contribution in [0.1, 0.15) is 31.8 Å². The predicted molar refractivity (Wildman–Crippen MR) is 86.1 cm³/mol. The first kappa shape index (κ1) is 15.7. The summed E-state index contributed by atoms with van der Waals surface area (Å²) >= 11 is 0. The van der Waals surface area contributed by atoms with Crippen LogP contribution in [0, 0.1) is 11.6 Å². The highest BCUT2D eigenvalue weighted by molar-refractivity contribution is 6.19. The number of rotatable bonds is 4. The molecule has 118 valence electrons. The fraction of sp³-hybridized carbons (Fsp3) is 0. The van der Waals surface area contributed by atoms with Crippen LogP contribution in [-0.2, 0) is 0 Å². The number of ketones is 2. The molecule has 0 aliphatic rings. The van der Waals surface area contributed by atoms with Crippen molar-refractivity contribution in [1.29, 1.82) is 0 Å². The van der Waals surface area contributed by atoms with Gasteiger partial charge in [0.25, 0.3) is 0 Å². The second-order valence-electron chi connectivity index (χ2n) is 5.22. The number of hydrogen-bond acceptors (Lipinski definition) is 2. The smallest absolute Gasteiger partial charge is 0.193 e. The van der Waals surface area contributed by atoms with Gasteiger partial charge in [0.2, 0.25) is 0 Å². The van der Waals surface area contributed by atoms with E-state index in [-0.39, 0.29) is 16.7 Å². The Morgan fingerprint density at radius 2 is 1.12 bits per heavy atom. The van der Waals surface area contributed by atoms with Gasteiger partial charge in [-0.15, -0.1) is 0 Å². The second-order valence-corrected chi connectivity index (χ2v) is 5.22. The molecule has 0 aromatic heterocycles. The maximum Gasteiger partial charge on any atom is 0.193 e. The van der Waals surface area contributed by atoms with Gasteiger partial charge in [0.1, 0.15) is 11.6 Å². The quantitative estimate of drug-likeness (QED) is 0.666. The Morgan fingerprint density at radius 3 is 1.79 bits per heavy atom. The van der Waals surface area contributed by atoms with Crippen LogP contribution in [0.2, 0.25) is 0 Å². The minimum Gasteiger partial charge on any atom is -0.289 e. The number of halogens is 2. The number of hydrogen-bond donors (Lipinski definition) is 0. The Bertz CT molecular complexity index is 901. The molecule has 3 aromatic carbocycles. The molecule has 2 nitrogen and oxygen atoms in total. The van der Waals surface area contributed by atoms with Crippen LogP contribution in [0.15, 0.2) is 72.8 Å². The Morgan fingerprint density at radius 1 is 0.583 bits per heavy atom. The molecule has 0 saturated carbocycles. The van der Waals surface area contributed by atoms with Gasteiger partial charge in [0.15, 0.2) is 11.6 Å². The molecule has 0 fully saturated rings. The summed E-state index contributed by atoms with van der Waals surface area (Å²) < 4.78 is 26.6. The van der Waals surface area contributed by atoms with Gasteiger partial charge in [-0.05, 0) is 42.5 Å². The van der Waals surface area contributed by atoms with E-state index < -0.39 is 23.2 Å². The molecule has 0 unspecified atom stereocenters. The zero-order valence-electron chi connectivity index (χ0n) is 12.5. The molecular formula is C20H12F2O2. The highest BCUT2D eigenvalue weighted by Gasteiger charge is 2.20. The normalized spacial score (nSPS) is 10.4. The minimum atomic E-state index is -0.607. The first-order valence-corrected chi connectivity index (χ1v) is 7.26. The van der Waals surface area contributed by atoms with E-state index in [0.717, 1.165) is 24.3 Å². The highest BCUT2D eigenvalue weighted by atomic mass is 19.1. The third kappa shape index (κ3) is 3.13. The van der Waals surface area contributed by atoms with E-state index >= 15 is 0 Å². The molecule has 0 aliphatic carbocycles. The Kier molecular flexibility index (Phi) is 4.29. The van der Waals surface area contributed by atoms with E-state index in [2.05, 4.69) is 0 Å². The summed E-state index contributed by atoms with van der Waals surface area (Å²) in [6.45, 7) is 0. The molecule has 0 N–H and O–H groups in total. The first-order valence-electron chi connectivity index (χ1n) is 7.26. The van der Waals surface area contributed by atoms with E-state index in [1.54, 1.807) is 30.3 Å².